The third-order valence-electron chi connectivity index (χ3n) is 2.68. The molecule has 10 heteroatoms. The van der Waals surface area contributed by atoms with E-state index < -0.39 is 10.0 Å². The molecule has 0 aliphatic heterocycles. The van der Waals surface area contributed by atoms with Crippen LogP contribution < -0.4 is 4.72 Å². The maximum atomic E-state index is 12.2. The summed E-state index contributed by atoms with van der Waals surface area (Å²) in [6, 6.07) is 6.03. The van der Waals surface area contributed by atoms with Gasteiger partial charge in [0.1, 0.15) is 17.8 Å². The molecule has 1 aromatic heterocycles. The molecule has 22 heavy (non-hydrogen) atoms. The highest BCUT2D eigenvalue weighted by atomic mass is 35.5. The summed E-state index contributed by atoms with van der Waals surface area (Å²) in [5, 5.41) is 3.99. The van der Waals surface area contributed by atoms with Crippen LogP contribution in [-0.2, 0) is 21.4 Å². The standard InChI is InChI=1S/C12H14ClN5O3S/c1-17(2)11(19)7-18-8-14-12(15-18)16-22(20,21)10-6-4-3-5-9(10)13/h3-6,8H,7H2,1-2H3,(H,15,16). The molecule has 0 aliphatic rings. The van der Waals surface area contributed by atoms with Gasteiger partial charge in [-0.05, 0) is 12.1 Å². The van der Waals surface area contributed by atoms with Crippen LogP contribution in [-0.4, -0.2) is 48.1 Å². The van der Waals surface area contributed by atoms with E-state index in [2.05, 4.69) is 14.8 Å². The number of benzene rings is 1. The molecule has 0 atom stereocenters. The summed E-state index contributed by atoms with van der Waals surface area (Å²) in [6.07, 6.45) is 1.27. The molecule has 2 aromatic rings. The summed E-state index contributed by atoms with van der Waals surface area (Å²) in [4.78, 5) is 16.7. The number of carbonyl (C=O) groups is 1. The van der Waals surface area contributed by atoms with Gasteiger partial charge in [0.25, 0.3) is 16.0 Å². The Bertz CT molecular complexity index is 788. The Balaban J connectivity index is 2.16. The number of anilines is 1. The molecule has 0 bridgehead atoms. The molecule has 1 aromatic carbocycles. The number of amides is 1. The van der Waals surface area contributed by atoms with Gasteiger partial charge < -0.3 is 4.90 Å². The maximum absolute atomic E-state index is 12.2. The summed E-state index contributed by atoms with van der Waals surface area (Å²) in [5.74, 6) is -0.322. The summed E-state index contributed by atoms with van der Waals surface area (Å²) in [6.45, 7) is -0.0339. The van der Waals surface area contributed by atoms with E-state index in [1.807, 2.05) is 0 Å². The third kappa shape index (κ3) is 3.74. The average Bonchev–Trinajstić information content (AvgIpc) is 2.85. The number of rotatable bonds is 5. The lowest BCUT2D eigenvalue weighted by Gasteiger charge is -2.09. The number of sulfonamides is 1. The first kappa shape index (κ1) is 16.2. The van der Waals surface area contributed by atoms with Crippen LogP contribution in [0.1, 0.15) is 0 Å². The monoisotopic (exact) mass is 343 g/mol. The molecule has 118 valence electrons. The molecule has 0 fully saturated rings. The van der Waals surface area contributed by atoms with Crippen molar-refractivity contribution >= 4 is 33.5 Å². The van der Waals surface area contributed by atoms with E-state index in [1.54, 1.807) is 26.2 Å². The van der Waals surface area contributed by atoms with Gasteiger partial charge >= 0.3 is 0 Å². The molecule has 0 radical (unpaired) electrons. The number of hydrogen-bond acceptors (Lipinski definition) is 5. The molecule has 2 rings (SSSR count). The Morgan fingerprint density at radius 3 is 2.68 bits per heavy atom. The maximum Gasteiger partial charge on any atom is 0.265 e. The van der Waals surface area contributed by atoms with Crippen molar-refractivity contribution in [2.24, 2.45) is 0 Å². The molecule has 1 heterocycles. The van der Waals surface area contributed by atoms with Gasteiger partial charge in [-0.3, -0.25) is 4.79 Å². The molecule has 0 unspecified atom stereocenters. The van der Waals surface area contributed by atoms with Gasteiger partial charge in [0.15, 0.2) is 0 Å². The van der Waals surface area contributed by atoms with Crippen molar-refractivity contribution in [1.29, 1.82) is 0 Å². The van der Waals surface area contributed by atoms with Crippen molar-refractivity contribution in [3.8, 4) is 0 Å². The second-order valence-corrected chi connectivity index (χ2v) is 6.65. The predicted molar refractivity (Wildman–Crippen MR) is 81.0 cm³/mol. The van der Waals surface area contributed by atoms with E-state index in [4.69, 9.17) is 11.6 Å². The zero-order valence-electron chi connectivity index (χ0n) is 11.9. The fourth-order valence-corrected chi connectivity index (χ4v) is 3.00. The zero-order valence-corrected chi connectivity index (χ0v) is 13.5. The summed E-state index contributed by atoms with van der Waals surface area (Å²) < 4.78 is 27.9. The van der Waals surface area contributed by atoms with Crippen LogP contribution in [0.4, 0.5) is 5.95 Å². The lowest BCUT2D eigenvalue weighted by Crippen LogP contribution is -2.26. The van der Waals surface area contributed by atoms with Gasteiger partial charge in [0, 0.05) is 14.1 Å². The van der Waals surface area contributed by atoms with E-state index in [0.29, 0.717) is 0 Å². The van der Waals surface area contributed by atoms with Crippen molar-refractivity contribution in [3.05, 3.63) is 35.6 Å². The number of likely N-dealkylation sites (N-methyl/N-ethyl adjacent to an activating group) is 1. The first-order valence-electron chi connectivity index (χ1n) is 6.16. The second kappa shape index (κ2) is 6.32. The van der Waals surface area contributed by atoms with Gasteiger partial charge in [-0.1, -0.05) is 23.7 Å². The van der Waals surface area contributed by atoms with Crippen molar-refractivity contribution < 1.29 is 13.2 Å². The molecule has 0 saturated heterocycles. The molecule has 0 spiro atoms. The smallest absolute Gasteiger partial charge is 0.265 e. The van der Waals surface area contributed by atoms with Crippen molar-refractivity contribution in [3.63, 3.8) is 0 Å². The summed E-state index contributed by atoms with van der Waals surface area (Å²) in [7, 11) is -0.668. The molecule has 0 aliphatic carbocycles. The van der Waals surface area contributed by atoms with Crippen LogP contribution in [0.25, 0.3) is 0 Å². The SMILES string of the molecule is CN(C)C(=O)Cn1cnc(NS(=O)(=O)c2ccccc2Cl)n1. The number of nitrogens with zero attached hydrogens (tertiary/aromatic N) is 4. The van der Waals surface area contributed by atoms with E-state index in [0.717, 1.165) is 0 Å². The Hall–Kier alpha value is -2.13. The highest BCUT2D eigenvalue weighted by Crippen LogP contribution is 2.21. The Labute approximate surface area is 132 Å². The van der Waals surface area contributed by atoms with Crippen molar-refractivity contribution in [2.75, 3.05) is 18.8 Å². The number of aromatic nitrogens is 3. The van der Waals surface area contributed by atoms with Crippen LogP contribution in [0, 0.1) is 0 Å². The molecular formula is C12H14ClN5O3S. The first-order chi connectivity index (χ1) is 10.3. The Morgan fingerprint density at radius 2 is 2.05 bits per heavy atom. The lowest BCUT2D eigenvalue weighted by atomic mass is 10.4. The van der Waals surface area contributed by atoms with Crippen LogP contribution >= 0.6 is 11.6 Å². The second-order valence-electron chi connectivity index (χ2n) is 4.59. The van der Waals surface area contributed by atoms with Gasteiger partial charge in [-0.2, -0.15) is 4.98 Å². The normalized spacial score (nSPS) is 11.2. The third-order valence-corrected chi connectivity index (χ3v) is 4.51. The molecule has 1 amide bonds. The van der Waals surface area contributed by atoms with E-state index in [9.17, 15) is 13.2 Å². The van der Waals surface area contributed by atoms with E-state index in [-0.39, 0.29) is 28.3 Å². The van der Waals surface area contributed by atoms with Crippen LogP contribution in [0.3, 0.4) is 0 Å². The van der Waals surface area contributed by atoms with Crippen LogP contribution in [0.2, 0.25) is 5.02 Å². The Kier molecular flexibility index (Phi) is 4.67. The fourth-order valence-electron chi connectivity index (χ4n) is 1.54. The minimum absolute atomic E-state index is 0.0339. The van der Waals surface area contributed by atoms with Crippen molar-refractivity contribution in [2.45, 2.75) is 11.4 Å². The first-order valence-corrected chi connectivity index (χ1v) is 8.02. The number of nitrogens with one attached hydrogen (secondary N) is 1. The van der Waals surface area contributed by atoms with Crippen LogP contribution in [0.15, 0.2) is 35.5 Å². The average molecular weight is 344 g/mol. The van der Waals surface area contributed by atoms with Gasteiger partial charge in [-0.15, -0.1) is 5.10 Å². The molecule has 8 nitrogen and oxygen atoms in total. The minimum atomic E-state index is -3.89. The highest BCUT2D eigenvalue weighted by molar-refractivity contribution is 7.92. The van der Waals surface area contributed by atoms with E-state index in [1.165, 1.54) is 28.0 Å². The lowest BCUT2D eigenvalue weighted by molar-refractivity contribution is -0.129. The molecular weight excluding hydrogens is 330 g/mol. The number of carbonyl (C=O) groups excluding carboxylic acids is 1. The highest BCUT2D eigenvalue weighted by Gasteiger charge is 2.19. The summed E-state index contributed by atoms with van der Waals surface area (Å²) in [5.41, 5.74) is 0. The topological polar surface area (TPSA) is 97.2 Å². The van der Waals surface area contributed by atoms with Crippen LogP contribution in [0.5, 0.6) is 0 Å². The number of hydrogen-bond donors (Lipinski definition) is 1. The summed E-state index contributed by atoms with van der Waals surface area (Å²) >= 11 is 5.87. The van der Waals surface area contributed by atoms with Gasteiger partial charge in [0.05, 0.1) is 5.02 Å². The molecule has 1 N–H and O–H groups in total. The van der Waals surface area contributed by atoms with E-state index >= 15 is 0 Å². The van der Waals surface area contributed by atoms with Gasteiger partial charge in [-0.25, -0.2) is 17.8 Å². The quantitative estimate of drug-likeness (QED) is 0.866. The predicted octanol–water partition coefficient (Wildman–Crippen LogP) is 0.820. The Morgan fingerprint density at radius 1 is 1.36 bits per heavy atom. The van der Waals surface area contributed by atoms with Gasteiger partial charge in [0.2, 0.25) is 5.91 Å². The minimum Gasteiger partial charge on any atom is -0.347 e. The zero-order chi connectivity index (χ0) is 16.3. The largest absolute Gasteiger partial charge is 0.347 e. The van der Waals surface area contributed by atoms with Crippen molar-refractivity contribution in [1.82, 2.24) is 19.7 Å². The fraction of sp³-hybridized carbons (Fsp3) is 0.250. The molecule has 0 saturated carbocycles. The number of halogens is 1.